The molecular formula is C17H22F2N2O. The molecule has 1 aliphatic rings. The van der Waals surface area contributed by atoms with E-state index in [-0.39, 0.29) is 5.92 Å². The summed E-state index contributed by atoms with van der Waals surface area (Å²) in [5, 5.41) is 0. The fourth-order valence-corrected chi connectivity index (χ4v) is 2.93. The highest BCUT2D eigenvalue weighted by atomic mass is 19.3. The predicted octanol–water partition coefficient (Wildman–Crippen LogP) is 3.69. The van der Waals surface area contributed by atoms with Crippen LogP contribution in [0.1, 0.15) is 42.5 Å². The fourth-order valence-electron chi connectivity index (χ4n) is 2.93. The van der Waals surface area contributed by atoms with Crippen molar-refractivity contribution in [1.29, 1.82) is 0 Å². The quantitative estimate of drug-likeness (QED) is 0.621. The van der Waals surface area contributed by atoms with Gasteiger partial charge in [0.25, 0.3) is 11.8 Å². The predicted molar refractivity (Wildman–Crippen MR) is 82.6 cm³/mol. The summed E-state index contributed by atoms with van der Waals surface area (Å²) in [7, 11) is 0. The lowest BCUT2D eigenvalue weighted by atomic mass is 9.81. The minimum absolute atomic E-state index is 0.169. The van der Waals surface area contributed by atoms with Gasteiger partial charge in [-0.1, -0.05) is 44.0 Å². The van der Waals surface area contributed by atoms with Gasteiger partial charge in [-0.15, -0.1) is 0 Å². The van der Waals surface area contributed by atoms with Crippen LogP contribution in [0.4, 0.5) is 8.78 Å². The molecule has 1 aromatic rings. The van der Waals surface area contributed by atoms with Crippen LogP contribution in [0.15, 0.2) is 43.0 Å². The number of rotatable bonds is 6. The largest absolute Gasteiger partial charge is 0.287 e. The fraction of sp³-hybridized carbons (Fsp3) is 0.471. The van der Waals surface area contributed by atoms with E-state index in [0.717, 1.165) is 32.1 Å². The van der Waals surface area contributed by atoms with Crippen LogP contribution in [0.2, 0.25) is 0 Å². The summed E-state index contributed by atoms with van der Waals surface area (Å²) in [6.07, 6.45) is 5.11. The molecule has 1 atom stereocenters. The number of benzene rings is 1. The molecule has 0 aromatic heterocycles. The zero-order valence-corrected chi connectivity index (χ0v) is 12.5. The van der Waals surface area contributed by atoms with Crippen LogP contribution < -0.4 is 10.9 Å². The van der Waals surface area contributed by atoms with Crippen LogP contribution in [0.5, 0.6) is 0 Å². The third-order valence-electron chi connectivity index (χ3n) is 4.19. The van der Waals surface area contributed by atoms with Gasteiger partial charge in [-0.25, -0.2) is 14.2 Å². The summed E-state index contributed by atoms with van der Waals surface area (Å²) < 4.78 is 28.2. The Morgan fingerprint density at radius 2 is 1.86 bits per heavy atom. The van der Waals surface area contributed by atoms with Gasteiger partial charge in [0.15, 0.2) is 0 Å². The maximum atomic E-state index is 14.1. The van der Waals surface area contributed by atoms with Gasteiger partial charge < -0.3 is 0 Å². The van der Waals surface area contributed by atoms with Crippen molar-refractivity contribution >= 4 is 5.91 Å². The number of alkyl halides is 2. The molecule has 0 heterocycles. The number of amides is 1. The number of hydrogen-bond donors (Lipinski definition) is 2. The summed E-state index contributed by atoms with van der Waals surface area (Å²) in [6.45, 7) is 3.23. The topological polar surface area (TPSA) is 41.1 Å². The Balaban J connectivity index is 2.03. The van der Waals surface area contributed by atoms with Gasteiger partial charge in [0, 0.05) is 5.56 Å². The van der Waals surface area contributed by atoms with Crippen LogP contribution in [-0.4, -0.2) is 17.9 Å². The molecule has 1 saturated carbocycles. The first kappa shape index (κ1) is 16.6. The van der Waals surface area contributed by atoms with Gasteiger partial charge in [-0.05, 0) is 37.0 Å². The number of carbonyl (C=O) groups is 1. The lowest BCUT2D eigenvalue weighted by Gasteiger charge is -2.34. The molecule has 2 N–H and O–H groups in total. The van der Waals surface area contributed by atoms with E-state index < -0.39 is 17.9 Å². The Bertz CT molecular complexity index is 499. The Morgan fingerprint density at radius 3 is 2.45 bits per heavy atom. The highest BCUT2D eigenvalue weighted by Crippen LogP contribution is 2.34. The molecule has 120 valence electrons. The van der Waals surface area contributed by atoms with Crippen molar-refractivity contribution in [2.45, 2.75) is 44.1 Å². The number of hydrazine groups is 1. The summed E-state index contributed by atoms with van der Waals surface area (Å²) in [5.41, 5.74) is 5.41. The van der Waals surface area contributed by atoms with Crippen molar-refractivity contribution in [3.05, 3.63) is 48.6 Å². The van der Waals surface area contributed by atoms with Gasteiger partial charge in [0.2, 0.25) is 0 Å². The van der Waals surface area contributed by atoms with Gasteiger partial charge in [-0.3, -0.25) is 10.2 Å². The Kier molecular flexibility index (Phi) is 5.66. The molecule has 1 unspecified atom stereocenters. The highest BCUT2D eigenvalue weighted by molar-refractivity contribution is 5.93. The lowest BCUT2D eigenvalue weighted by molar-refractivity contribution is -0.0213. The average Bonchev–Trinajstić information content (AvgIpc) is 2.56. The van der Waals surface area contributed by atoms with Crippen LogP contribution in [-0.2, 0) is 0 Å². The lowest BCUT2D eigenvalue weighted by Crippen LogP contribution is -2.56. The van der Waals surface area contributed by atoms with Gasteiger partial charge in [-0.2, -0.15) is 0 Å². The molecule has 1 fully saturated rings. The first-order chi connectivity index (χ1) is 10.5. The van der Waals surface area contributed by atoms with Crippen LogP contribution in [0.25, 0.3) is 0 Å². The van der Waals surface area contributed by atoms with Crippen molar-refractivity contribution < 1.29 is 13.6 Å². The maximum Gasteiger partial charge on any atom is 0.283 e. The van der Waals surface area contributed by atoms with Gasteiger partial charge in [0.1, 0.15) is 0 Å². The number of carbonyl (C=O) groups excluding carboxylic acids is 1. The second-order valence-electron chi connectivity index (χ2n) is 5.72. The zero-order chi connectivity index (χ0) is 16.0. The minimum atomic E-state index is -3.06. The molecule has 5 heteroatoms. The standard InChI is InChI=1S/C17H22F2N2O/c1-2-17(18,19)15(13-9-5-3-6-10-13)20-21-16(22)14-11-7-4-8-12-14/h2,4,7-8,11-13,15,20H,1,3,5-6,9-10H2,(H,21,22). The summed E-state index contributed by atoms with van der Waals surface area (Å²) in [4.78, 5) is 12.0. The maximum absolute atomic E-state index is 14.1. The van der Waals surface area contributed by atoms with E-state index in [0.29, 0.717) is 11.6 Å². The van der Waals surface area contributed by atoms with E-state index in [1.54, 1.807) is 30.3 Å². The normalized spacial score (nSPS) is 17.7. The van der Waals surface area contributed by atoms with E-state index in [9.17, 15) is 13.6 Å². The van der Waals surface area contributed by atoms with Crippen LogP contribution >= 0.6 is 0 Å². The first-order valence-electron chi connectivity index (χ1n) is 7.67. The van der Waals surface area contributed by atoms with Gasteiger partial charge >= 0.3 is 0 Å². The Labute approximate surface area is 129 Å². The molecule has 1 aromatic carbocycles. The zero-order valence-electron chi connectivity index (χ0n) is 12.5. The highest BCUT2D eigenvalue weighted by Gasteiger charge is 2.42. The van der Waals surface area contributed by atoms with Gasteiger partial charge in [0.05, 0.1) is 6.04 Å². The molecule has 1 amide bonds. The first-order valence-corrected chi connectivity index (χ1v) is 7.67. The van der Waals surface area contributed by atoms with Crippen LogP contribution in [0, 0.1) is 5.92 Å². The number of halogens is 2. The van der Waals surface area contributed by atoms with Crippen LogP contribution in [0.3, 0.4) is 0 Å². The molecular weight excluding hydrogens is 286 g/mol. The van der Waals surface area contributed by atoms with E-state index in [1.165, 1.54) is 0 Å². The van der Waals surface area contributed by atoms with Crippen molar-refractivity contribution in [1.82, 2.24) is 10.9 Å². The van der Waals surface area contributed by atoms with E-state index >= 15 is 0 Å². The molecule has 0 saturated heterocycles. The molecule has 1 aliphatic carbocycles. The third-order valence-corrected chi connectivity index (χ3v) is 4.19. The number of hydrogen-bond acceptors (Lipinski definition) is 2. The van der Waals surface area contributed by atoms with Crippen molar-refractivity contribution in [3.63, 3.8) is 0 Å². The molecule has 0 radical (unpaired) electrons. The molecule has 2 rings (SSSR count). The number of nitrogens with one attached hydrogen (secondary N) is 2. The molecule has 0 bridgehead atoms. The van der Waals surface area contributed by atoms with E-state index in [2.05, 4.69) is 17.4 Å². The summed E-state index contributed by atoms with van der Waals surface area (Å²) in [5.74, 6) is -3.65. The monoisotopic (exact) mass is 308 g/mol. The Hall–Kier alpha value is -1.75. The van der Waals surface area contributed by atoms with E-state index in [4.69, 9.17) is 0 Å². The second kappa shape index (κ2) is 7.49. The third kappa shape index (κ3) is 4.13. The van der Waals surface area contributed by atoms with Crippen molar-refractivity contribution in [2.24, 2.45) is 5.92 Å². The van der Waals surface area contributed by atoms with Crippen molar-refractivity contribution in [3.8, 4) is 0 Å². The smallest absolute Gasteiger partial charge is 0.283 e. The molecule has 22 heavy (non-hydrogen) atoms. The Morgan fingerprint density at radius 1 is 1.23 bits per heavy atom. The van der Waals surface area contributed by atoms with Crippen molar-refractivity contribution in [2.75, 3.05) is 0 Å². The SMILES string of the molecule is C=CC(F)(F)C(NNC(=O)c1ccccc1)C1CCCCC1. The summed E-state index contributed by atoms with van der Waals surface area (Å²) in [6, 6.07) is 7.40. The average molecular weight is 308 g/mol. The molecule has 0 aliphatic heterocycles. The molecule has 3 nitrogen and oxygen atoms in total. The van der Waals surface area contributed by atoms with E-state index in [1.807, 2.05) is 0 Å². The second-order valence-corrected chi connectivity index (χ2v) is 5.72. The molecule has 0 spiro atoms. The summed E-state index contributed by atoms with van der Waals surface area (Å²) >= 11 is 0. The minimum Gasteiger partial charge on any atom is -0.287 e.